The van der Waals surface area contributed by atoms with Gasteiger partial charge in [-0.1, -0.05) is 23.7 Å². The van der Waals surface area contributed by atoms with Crippen LogP contribution < -0.4 is 15.8 Å². The highest BCUT2D eigenvalue weighted by atomic mass is 35.5. The summed E-state index contributed by atoms with van der Waals surface area (Å²) in [5, 5.41) is 3.18. The van der Waals surface area contributed by atoms with Crippen LogP contribution in [0.15, 0.2) is 82.6 Å². The number of para-hydroxylation sites is 1. The maximum Gasteiger partial charge on any atom is 0.211 e. The summed E-state index contributed by atoms with van der Waals surface area (Å²) in [5.41, 5.74) is 6.38. The van der Waals surface area contributed by atoms with Gasteiger partial charge in [0.25, 0.3) is 0 Å². The largest absolute Gasteiger partial charge is 0.497 e. The first-order valence-corrected chi connectivity index (χ1v) is 12.5. The molecule has 0 saturated carbocycles. The highest BCUT2D eigenvalue weighted by Crippen LogP contribution is 2.44. The lowest BCUT2D eigenvalue weighted by molar-refractivity contribution is 0.104. The van der Waals surface area contributed by atoms with Crippen molar-refractivity contribution in [2.45, 2.75) is 9.79 Å². The summed E-state index contributed by atoms with van der Waals surface area (Å²) >= 11 is 6.74. The Hall–Kier alpha value is -3.40. The van der Waals surface area contributed by atoms with E-state index < -0.39 is 21.4 Å². The van der Waals surface area contributed by atoms with E-state index in [4.69, 9.17) is 22.1 Å². The third-order valence-corrected chi connectivity index (χ3v) is 8.33. The van der Waals surface area contributed by atoms with Gasteiger partial charge in [0.15, 0.2) is 0 Å². The van der Waals surface area contributed by atoms with Crippen molar-refractivity contribution in [3.63, 3.8) is 0 Å². The van der Waals surface area contributed by atoms with Gasteiger partial charge in [-0.3, -0.25) is 4.79 Å². The maximum atomic E-state index is 14.3. The molecule has 6 nitrogen and oxygen atoms in total. The number of thiophene rings is 1. The molecule has 0 saturated heterocycles. The summed E-state index contributed by atoms with van der Waals surface area (Å²) < 4.78 is 46.5. The number of ketones is 1. The molecule has 0 unspecified atom stereocenters. The highest BCUT2D eigenvalue weighted by Gasteiger charge is 2.32. The molecular formula is C24H18ClFN2O4S2. The lowest BCUT2D eigenvalue weighted by atomic mass is 10.1. The second-order valence-electron chi connectivity index (χ2n) is 7.12. The molecule has 34 heavy (non-hydrogen) atoms. The van der Waals surface area contributed by atoms with Gasteiger partial charge in [-0.25, -0.2) is 12.8 Å². The Bertz CT molecular complexity index is 1470. The quantitative estimate of drug-likeness (QED) is 0.295. The SMILES string of the molecule is COc1ccc(C(=O)c2sc(Nc3ccccc3F)c(S(=O)(=O)c3ccc(Cl)cc3)c2N)cc1. The van der Waals surface area contributed by atoms with Gasteiger partial charge in [0.05, 0.1) is 23.4 Å². The first-order chi connectivity index (χ1) is 16.2. The molecule has 1 heterocycles. The van der Waals surface area contributed by atoms with Crippen molar-refractivity contribution in [1.29, 1.82) is 0 Å². The number of ether oxygens (including phenoxy) is 1. The van der Waals surface area contributed by atoms with Crippen LogP contribution >= 0.6 is 22.9 Å². The molecule has 4 rings (SSSR count). The van der Waals surface area contributed by atoms with Gasteiger partial charge in [-0.05, 0) is 60.7 Å². The Kier molecular flexibility index (Phi) is 6.60. The number of nitrogens with one attached hydrogen (secondary N) is 1. The molecule has 0 aliphatic heterocycles. The number of methoxy groups -OCH3 is 1. The number of nitrogen functional groups attached to an aromatic ring is 1. The molecule has 3 aromatic carbocycles. The summed E-state index contributed by atoms with van der Waals surface area (Å²) in [5.74, 6) is -0.504. The first kappa shape index (κ1) is 23.7. The topological polar surface area (TPSA) is 98.5 Å². The smallest absolute Gasteiger partial charge is 0.211 e. The van der Waals surface area contributed by atoms with Crippen LogP contribution in [0.3, 0.4) is 0 Å². The number of carbonyl (C=O) groups is 1. The molecule has 0 atom stereocenters. The molecular weight excluding hydrogens is 499 g/mol. The normalized spacial score (nSPS) is 11.3. The van der Waals surface area contributed by atoms with Crippen molar-refractivity contribution in [1.82, 2.24) is 0 Å². The van der Waals surface area contributed by atoms with E-state index in [2.05, 4.69) is 5.32 Å². The standard InChI is InChI=1S/C24H18ClFN2O4S2/c1-32-16-10-6-14(7-11-16)21(29)22-20(27)23(34(30,31)17-12-8-15(25)9-13-17)24(33-22)28-19-5-3-2-4-18(19)26/h2-13,28H,27H2,1H3. The number of hydrogen-bond donors (Lipinski definition) is 2. The van der Waals surface area contributed by atoms with Gasteiger partial charge in [0.2, 0.25) is 15.6 Å². The predicted molar refractivity (Wildman–Crippen MR) is 132 cm³/mol. The van der Waals surface area contributed by atoms with E-state index in [1.165, 1.54) is 49.6 Å². The number of hydrogen-bond acceptors (Lipinski definition) is 7. The minimum absolute atomic E-state index is 0.0107. The number of benzene rings is 3. The molecule has 0 amide bonds. The Morgan fingerprint density at radius 3 is 2.29 bits per heavy atom. The van der Waals surface area contributed by atoms with Crippen molar-refractivity contribution in [3.05, 3.63) is 94.1 Å². The van der Waals surface area contributed by atoms with Crippen molar-refractivity contribution in [3.8, 4) is 5.75 Å². The Morgan fingerprint density at radius 1 is 1.03 bits per heavy atom. The molecule has 0 radical (unpaired) electrons. The summed E-state index contributed by atoms with van der Waals surface area (Å²) in [7, 11) is -2.68. The Labute approximate surface area is 204 Å². The van der Waals surface area contributed by atoms with Gasteiger partial charge in [0, 0.05) is 10.6 Å². The average molecular weight is 517 g/mol. The number of anilines is 3. The molecule has 0 aliphatic rings. The predicted octanol–water partition coefficient (Wildman–Crippen LogP) is 5.94. The lowest BCUT2D eigenvalue weighted by Crippen LogP contribution is -2.08. The molecule has 1 aromatic heterocycles. The summed E-state index contributed by atoms with van der Waals surface area (Å²) in [6, 6.07) is 17.7. The van der Waals surface area contributed by atoms with Gasteiger partial charge in [-0.15, -0.1) is 11.3 Å². The van der Waals surface area contributed by atoms with E-state index >= 15 is 0 Å². The van der Waals surface area contributed by atoms with Crippen LogP contribution in [0, 0.1) is 5.82 Å². The fraction of sp³-hybridized carbons (Fsp3) is 0.0417. The molecule has 0 spiro atoms. The first-order valence-electron chi connectivity index (χ1n) is 9.85. The van der Waals surface area contributed by atoms with Crippen molar-refractivity contribution < 1.29 is 22.3 Å². The molecule has 0 bridgehead atoms. The maximum absolute atomic E-state index is 14.3. The van der Waals surface area contributed by atoms with Gasteiger partial charge in [-0.2, -0.15) is 0 Å². The molecule has 174 valence electrons. The third-order valence-electron chi connectivity index (χ3n) is 4.97. The zero-order valence-corrected chi connectivity index (χ0v) is 20.1. The number of nitrogens with two attached hydrogens (primary N) is 1. The van der Waals surface area contributed by atoms with Crippen LogP contribution in [-0.4, -0.2) is 21.3 Å². The van der Waals surface area contributed by atoms with Crippen LogP contribution in [0.5, 0.6) is 5.75 Å². The van der Waals surface area contributed by atoms with Crippen molar-refractivity contribution >= 4 is 54.9 Å². The van der Waals surface area contributed by atoms with E-state index in [1.807, 2.05) is 0 Å². The molecule has 0 fully saturated rings. The second kappa shape index (κ2) is 9.46. The van der Waals surface area contributed by atoms with Crippen LogP contribution in [0.4, 0.5) is 20.8 Å². The Balaban J connectivity index is 1.87. The van der Waals surface area contributed by atoms with Gasteiger partial charge < -0.3 is 15.8 Å². The minimum atomic E-state index is -4.19. The van der Waals surface area contributed by atoms with Crippen LogP contribution in [0.2, 0.25) is 5.02 Å². The fourth-order valence-electron chi connectivity index (χ4n) is 3.24. The summed E-state index contributed by atoms with van der Waals surface area (Å²) in [4.78, 5) is 12.9. The van der Waals surface area contributed by atoms with Crippen molar-refractivity contribution in [2.75, 3.05) is 18.2 Å². The van der Waals surface area contributed by atoms with Gasteiger partial charge >= 0.3 is 0 Å². The second-order valence-corrected chi connectivity index (χ2v) is 10.5. The van der Waals surface area contributed by atoms with Crippen molar-refractivity contribution in [2.24, 2.45) is 0 Å². The lowest BCUT2D eigenvalue weighted by Gasteiger charge is -2.10. The van der Waals surface area contributed by atoms with E-state index in [0.717, 1.165) is 11.3 Å². The summed E-state index contributed by atoms with van der Waals surface area (Å²) in [6.45, 7) is 0. The zero-order chi connectivity index (χ0) is 24.5. The van der Waals surface area contributed by atoms with E-state index in [1.54, 1.807) is 30.3 Å². The van der Waals surface area contributed by atoms with E-state index in [-0.39, 0.29) is 31.0 Å². The molecule has 3 N–H and O–H groups in total. The monoisotopic (exact) mass is 516 g/mol. The fourth-order valence-corrected chi connectivity index (χ4v) is 6.29. The highest BCUT2D eigenvalue weighted by molar-refractivity contribution is 7.92. The number of carbonyl (C=O) groups excluding carboxylic acids is 1. The number of sulfone groups is 1. The average Bonchev–Trinajstić information content (AvgIpc) is 3.16. The van der Waals surface area contributed by atoms with Crippen LogP contribution in [-0.2, 0) is 9.84 Å². The summed E-state index contributed by atoms with van der Waals surface area (Å²) in [6.07, 6.45) is 0. The molecule has 0 aliphatic carbocycles. The zero-order valence-electron chi connectivity index (χ0n) is 17.7. The van der Waals surface area contributed by atoms with Crippen LogP contribution in [0.1, 0.15) is 15.2 Å². The van der Waals surface area contributed by atoms with E-state index in [0.29, 0.717) is 16.3 Å². The molecule has 4 aromatic rings. The van der Waals surface area contributed by atoms with E-state index in [9.17, 15) is 17.6 Å². The van der Waals surface area contributed by atoms with Crippen LogP contribution in [0.25, 0.3) is 0 Å². The third kappa shape index (κ3) is 4.50. The Morgan fingerprint density at radius 2 is 1.68 bits per heavy atom. The minimum Gasteiger partial charge on any atom is -0.497 e. The number of halogens is 2. The number of rotatable bonds is 7. The van der Waals surface area contributed by atoms with Gasteiger partial charge in [0.1, 0.15) is 26.3 Å². The molecule has 10 heteroatoms.